The highest BCUT2D eigenvalue weighted by Crippen LogP contribution is 2.07. The van der Waals surface area contributed by atoms with Crippen LogP contribution < -0.4 is 5.48 Å². The van der Waals surface area contributed by atoms with Gasteiger partial charge in [0.2, 0.25) is 0 Å². The van der Waals surface area contributed by atoms with Gasteiger partial charge in [-0.2, -0.15) is 0 Å². The molecule has 1 rings (SSSR count). The fraction of sp³-hybridized carbons (Fsp3) is 0.800. The van der Waals surface area contributed by atoms with Crippen LogP contribution in [0.25, 0.3) is 0 Å². The number of hydrogen-bond acceptors (Lipinski definition) is 4. The topological polar surface area (TPSA) is 24.5 Å². The fourth-order valence-corrected chi connectivity index (χ4v) is 1.25. The summed E-state index contributed by atoms with van der Waals surface area (Å²) in [5.74, 6) is 0. The van der Waals surface area contributed by atoms with Crippen molar-refractivity contribution in [1.82, 2.24) is 9.79 Å². The molecule has 0 bridgehead atoms. The Hall–Kier alpha value is 0.160. The summed E-state index contributed by atoms with van der Waals surface area (Å²) in [7, 11) is 1.88. The maximum atomic E-state index is 5.09. The van der Waals surface area contributed by atoms with E-state index in [1.54, 1.807) is 4.31 Å². The second-order valence-corrected chi connectivity index (χ2v) is 3.49. The number of nitrogens with zero attached hydrogens (tertiary/aromatic N) is 1. The third-order valence-corrected chi connectivity index (χ3v) is 1.63. The molecule has 58 valence electrons. The fourth-order valence-electron chi connectivity index (χ4n) is 0.836. The quantitative estimate of drug-likeness (QED) is 0.472. The number of rotatable bonds is 2. The predicted molar refractivity (Wildman–Crippen MR) is 46.8 cm³/mol. The van der Waals surface area contributed by atoms with E-state index in [9.17, 15) is 0 Å². The van der Waals surface area contributed by atoms with Crippen molar-refractivity contribution in [1.29, 1.82) is 0 Å². The molecule has 10 heavy (non-hydrogen) atoms. The van der Waals surface area contributed by atoms with Crippen molar-refractivity contribution in [3.05, 3.63) is 0 Å². The van der Waals surface area contributed by atoms with Crippen LogP contribution in [0.4, 0.5) is 0 Å². The van der Waals surface area contributed by atoms with Crippen LogP contribution in [0.5, 0.6) is 0 Å². The van der Waals surface area contributed by atoms with Crippen LogP contribution in [0.2, 0.25) is 0 Å². The van der Waals surface area contributed by atoms with Crippen LogP contribution in [0.15, 0.2) is 0 Å². The van der Waals surface area contributed by atoms with Gasteiger partial charge in [-0.15, -0.1) is 0 Å². The van der Waals surface area contributed by atoms with E-state index in [1.807, 2.05) is 7.05 Å². The first-order chi connectivity index (χ1) is 4.68. The Labute approximate surface area is 71.2 Å². The molecule has 1 atom stereocenters. The van der Waals surface area contributed by atoms with Gasteiger partial charge in [-0.05, 0) is 7.05 Å². The van der Waals surface area contributed by atoms with Crippen molar-refractivity contribution in [2.75, 3.05) is 13.6 Å². The first-order valence-electron chi connectivity index (χ1n) is 3.03. The number of thiocarbonyl (C=S) groups is 1. The largest absolute Gasteiger partial charge is 0.271 e. The van der Waals surface area contributed by atoms with Gasteiger partial charge in [0.25, 0.3) is 0 Å². The van der Waals surface area contributed by atoms with Crippen LogP contribution in [0.3, 0.4) is 0 Å². The van der Waals surface area contributed by atoms with Crippen LogP contribution in [-0.2, 0) is 4.84 Å². The van der Waals surface area contributed by atoms with Gasteiger partial charge in [0, 0.05) is 13.0 Å². The lowest BCUT2D eigenvalue weighted by atomic mass is 10.3. The number of thiol groups is 1. The van der Waals surface area contributed by atoms with Gasteiger partial charge in [-0.3, -0.25) is 14.6 Å². The Bertz CT molecular complexity index is 140. The van der Waals surface area contributed by atoms with Crippen LogP contribution in [0, 0.1) is 0 Å². The average molecular weight is 178 g/mol. The molecule has 1 fully saturated rings. The molecule has 1 aliphatic rings. The molecule has 0 aliphatic carbocycles. The molecule has 1 saturated heterocycles. The number of hydroxylamine groups is 1. The molecule has 0 aromatic rings. The zero-order valence-electron chi connectivity index (χ0n) is 5.70. The Morgan fingerprint density at radius 2 is 2.70 bits per heavy atom. The van der Waals surface area contributed by atoms with Crippen molar-refractivity contribution in [3.63, 3.8) is 0 Å². The lowest BCUT2D eigenvalue weighted by molar-refractivity contribution is 0.0388. The number of nitrogens with one attached hydrogen (secondary N) is 1. The van der Waals surface area contributed by atoms with E-state index >= 15 is 0 Å². The second kappa shape index (κ2) is 3.52. The molecule has 0 spiro atoms. The summed E-state index contributed by atoms with van der Waals surface area (Å²) in [5, 5.41) is 0. The van der Waals surface area contributed by atoms with Crippen molar-refractivity contribution in [3.8, 4) is 0 Å². The molecular weight excluding hydrogens is 168 g/mol. The van der Waals surface area contributed by atoms with E-state index in [1.165, 1.54) is 0 Å². The lowest BCUT2D eigenvalue weighted by Gasteiger charge is -2.11. The minimum atomic E-state index is 0.162. The maximum absolute atomic E-state index is 5.09. The van der Waals surface area contributed by atoms with Gasteiger partial charge in [-0.25, -0.2) is 0 Å². The van der Waals surface area contributed by atoms with Gasteiger partial charge in [-0.1, -0.05) is 25.0 Å². The summed E-state index contributed by atoms with van der Waals surface area (Å²) in [4.78, 5) is 5.87. The summed E-state index contributed by atoms with van der Waals surface area (Å²) >= 11 is 8.95. The molecule has 0 saturated carbocycles. The molecule has 1 aliphatic heterocycles. The molecule has 1 heterocycles. The standard InChI is InChI=1S/C5H10N2OS2/c1-7(10)3-4-2-5(9)6-8-4/h4,10H,2-3H2,1H3,(H,6,9). The Balaban J connectivity index is 2.24. The Kier molecular flexibility index (Phi) is 2.91. The summed E-state index contributed by atoms with van der Waals surface area (Å²) in [6.45, 7) is 0.788. The van der Waals surface area contributed by atoms with E-state index < -0.39 is 0 Å². The molecular formula is C5H10N2OS2. The van der Waals surface area contributed by atoms with E-state index in [2.05, 4.69) is 18.3 Å². The zero-order valence-corrected chi connectivity index (χ0v) is 7.41. The maximum Gasteiger partial charge on any atom is 0.105 e. The molecule has 1 unspecified atom stereocenters. The van der Waals surface area contributed by atoms with Crippen molar-refractivity contribution in [2.45, 2.75) is 12.5 Å². The van der Waals surface area contributed by atoms with Gasteiger partial charge in [0.15, 0.2) is 0 Å². The van der Waals surface area contributed by atoms with Gasteiger partial charge >= 0.3 is 0 Å². The highest BCUT2D eigenvalue weighted by Gasteiger charge is 2.20. The number of likely N-dealkylation sites (N-methyl/N-ethyl adjacent to an activating group) is 1. The van der Waals surface area contributed by atoms with Gasteiger partial charge < -0.3 is 0 Å². The molecule has 3 nitrogen and oxygen atoms in total. The van der Waals surface area contributed by atoms with E-state index in [0.29, 0.717) is 0 Å². The molecule has 5 heteroatoms. The van der Waals surface area contributed by atoms with E-state index in [4.69, 9.17) is 17.1 Å². The SMILES string of the molecule is CN(S)CC1CC(=S)NO1. The van der Waals surface area contributed by atoms with Crippen molar-refractivity contribution in [2.24, 2.45) is 0 Å². The molecule has 1 N–H and O–H groups in total. The summed E-state index contributed by atoms with van der Waals surface area (Å²) in [6, 6.07) is 0. The monoisotopic (exact) mass is 178 g/mol. The minimum Gasteiger partial charge on any atom is -0.271 e. The average Bonchev–Trinajstić information content (AvgIpc) is 2.13. The molecule has 0 radical (unpaired) electrons. The third kappa shape index (κ3) is 2.42. The first kappa shape index (κ1) is 8.26. The second-order valence-electron chi connectivity index (χ2n) is 2.31. The molecule has 0 aromatic heterocycles. The minimum absolute atomic E-state index is 0.162. The lowest BCUT2D eigenvalue weighted by Crippen LogP contribution is -2.22. The van der Waals surface area contributed by atoms with Crippen molar-refractivity contribution < 1.29 is 4.84 Å². The van der Waals surface area contributed by atoms with Crippen LogP contribution in [-0.4, -0.2) is 29.0 Å². The summed E-state index contributed by atoms with van der Waals surface area (Å²) in [6.07, 6.45) is 0.968. The summed E-state index contributed by atoms with van der Waals surface area (Å²) in [5.41, 5.74) is 2.65. The highest BCUT2D eigenvalue weighted by molar-refractivity contribution is 7.80. The number of hydrogen-bond donors (Lipinski definition) is 2. The normalized spacial score (nSPS) is 25.5. The Morgan fingerprint density at radius 3 is 3.10 bits per heavy atom. The molecule has 0 aromatic carbocycles. The summed E-state index contributed by atoms with van der Waals surface area (Å²) < 4.78 is 1.78. The predicted octanol–water partition coefficient (Wildman–Crippen LogP) is 0.384. The van der Waals surface area contributed by atoms with E-state index in [-0.39, 0.29) is 6.10 Å². The molecule has 0 amide bonds. The van der Waals surface area contributed by atoms with Gasteiger partial charge in [0.05, 0.1) is 0 Å². The highest BCUT2D eigenvalue weighted by atomic mass is 32.1. The third-order valence-electron chi connectivity index (χ3n) is 1.22. The van der Waals surface area contributed by atoms with Crippen LogP contribution >= 0.6 is 25.0 Å². The first-order valence-corrected chi connectivity index (χ1v) is 3.84. The Morgan fingerprint density at radius 1 is 2.00 bits per heavy atom. The van der Waals surface area contributed by atoms with Crippen molar-refractivity contribution >= 4 is 30.0 Å². The van der Waals surface area contributed by atoms with E-state index in [0.717, 1.165) is 18.0 Å². The zero-order chi connectivity index (χ0) is 7.56. The van der Waals surface area contributed by atoms with Gasteiger partial charge in [0.1, 0.15) is 11.1 Å². The smallest absolute Gasteiger partial charge is 0.105 e. The van der Waals surface area contributed by atoms with Crippen LogP contribution in [0.1, 0.15) is 6.42 Å².